The average Bonchev–Trinajstić information content (AvgIpc) is 2.25. The van der Waals surface area contributed by atoms with Crippen LogP contribution in [-0.4, -0.2) is 17.7 Å². The third kappa shape index (κ3) is 3.45. The van der Waals surface area contributed by atoms with Crippen molar-refractivity contribution in [2.45, 2.75) is 46.8 Å². The van der Waals surface area contributed by atoms with E-state index in [2.05, 4.69) is 13.8 Å². The number of aliphatic hydroxyl groups excluding tert-OH is 1. The van der Waals surface area contributed by atoms with Crippen LogP contribution in [0.25, 0.3) is 0 Å². The Bertz CT molecular complexity index is 388. The molecule has 1 aromatic rings. The molecule has 3 heteroatoms. The predicted octanol–water partition coefficient (Wildman–Crippen LogP) is 3.75. The van der Waals surface area contributed by atoms with Crippen LogP contribution >= 0.6 is 0 Å². The maximum Gasteiger partial charge on any atom is 0.146 e. The fourth-order valence-corrected chi connectivity index (χ4v) is 2.13. The van der Waals surface area contributed by atoms with Gasteiger partial charge in [-0.3, -0.25) is 0 Å². The van der Waals surface area contributed by atoms with Gasteiger partial charge in [-0.2, -0.15) is 0 Å². The first-order chi connectivity index (χ1) is 8.34. The summed E-state index contributed by atoms with van der Waals surface area (Å²) in [6.45, 7) is 10.8. The number of hydrogen-bond donors (Lipinski definition) is 1. The van der Waals surface area contributed by atoms with Gasteiger partial charge in [0.15, 0.2) is 0 Å². The zero-order chi connectivity index (χ0) is 13.9. The van der Waals surface area contributed by atoms with E-state index in [0.717, 1.165) is 6.54 Å². The summed E-state index contributed by atoms with van der Waals surface area (Å²) in [6.07, 6.45) is -0.663. The molecule has 2 nitrogen and oxygen atoms in total. The Morgan fingerprint density at radius 3 is 2.22 bits per heavy atom. The third-order valence-corrected chi connectivity index (χ3v) is 2.94. The van der Waals surface area contributed by atoms with E-state index < -0.39 is 6.10 Å². The van der Waals surface area contributed by atoms with Crippen molar-refractivity contribution in [2.24, 2.45) is 5.92 Å². The molecule has 1 atom stereocenters. The second kappa shape index (κ2) is 6.19. The summed E-state index contributed by atoms with van der Waals surface area (Å²) in [5.74, 6) is 0.177. The first-order valence-electron chi connectivity index (χ1n) is 6.57. The highest BCUT2D eigenvalue weighted by Crippen LogP contribution is 2.31. The number of aliphatic hydroxyl groups is 1. The predicted molar refractivity (Wildman–Crippen MR) is 74.4 cm³/mol. The number of hydrogen-bond acceptors (Lipinski definition) is 2. The van der Waals surface area contributed by atoms with Gasteiger partial charge < -0.3 is 10.0 Å². The highest BCUT2D eigenvalue weighted by molar-refractivity contribution is 5.56. The fourth-order valence-electron chi connectivity index (χ4n) is 2.13. The molecule has 0 heterocycles. The molecule has 0 aliphatic rings. The smallest absolute Gasteiger partial charge is 0.146 e. The van der Waals surface area contributed by atoms with Crippen LogP contribution in [0.1, 0.15) is 46.3 Å². The monoisotopic (exact) mass is 253 g/mol. The molecule has 0 aliphatic carbocycles. The van der Waals surface area contributed by atoms with Crippen molar-refractivity contribution in [1.29, 1.82) is 0 Å². The van der Waals surface area contributed by atoms with E-state index in [-0.39, 0.29) is 11.9 Å². The van der Waals surface area contributed by atoms with Crippen LogP contribution in [0.4, 0.5) is 10.1 Å². The summed E-state index contributed by atoms with van der Waals surface area (Å²) >= 11 is 0. The number of halogens is 1. The molecule has 0 aromatic heterocycles. The molecule has 1 unspecified atom stereocenters. The SMILES string of the molecule is CC(C)CN(c1c(F)cccc1C(C)O)C(C)C. The Morgan fingerprint density at radius 1 is 1.17 bits per heavy atom. The van der Waals surface area contributed by atoms with E-state index in [1.165, 1.54) is 6.07 Å². The summed E-state index contributed by atoms with van der Waals surface area (Å²) in [4.78, 5) is 2.03. The van der Waals surface area contributed by atoms with E-state index in [9.17, 15) is 9.50 Å². The maximum absolute atomic E-state index is 14.1. The molecular formula is C15H24FNO. The van der Waals surface area contributed by atoms with Crippen LogP contribution in [0.2, 0.25) is 0 Å². The van der Waals surface area contributed by atoms with Crippen LogP contribution in [0, 0.1) is 11.7 Å². The van der Waals surface area contributed by atoms with Gasteiger partial charge in [0.25, 0.3) is 0 Å². The highest BCUT2D eigenvalue weighted by Gasteiger charge is 2.21. The van der Waals surface area contributed by atoms with Gasteiger partial charge in [0, 0.05) is 18.2 Å². The van der Waals surface area contributed by atoms with E-state index in [4.69, 9.17) is 0 Å². The van der Waals surface area contributed by atoms with Gasteiger partial charge in [0.2, 0.25) is 0 Å². The lowest BCUT2D eigenvalue weighted by molar-refractivity contribution is 0.199. The molecule has 1 N–H and O–H groups in total. The number of nitrogens with zero attached hydrogens (tertiary/aromatic N) is 1. The van der Waals surface area contributed by atoms with Crippen molar-refractivity contribution in [1.82, 2.24) is 0 Å². The van der Waals surface area contributed by atoms with E-state index in [1.54, 1.807) is 19.1 Å². The molecule has 0 saturated carbocycles. The molecule has 18 heavy (non-hydrogen) atoms. The first-order valence-corrected chi connectivity index (χ1v) is 6.57. The Balaban J connectivity index is 3.25. The number of benzene rings is 1. The minimum Gasteiger partial charge on any atom is -0.389 e. The van der Waals surface area contributed by atoms with Crippen molar-refractivity contribution < 1.29 is 9.50 Å². The zero-order valence-corrected chi connectivity index (χ0v) is 11.9. The lowest BCUT2D eigenvalue weighted by Crippen LogP contribution is -2.35. The van der Waals surface area contributed by atoms with Crippen molar-refractivity contribution in [3.63, 3.8) is 0 Å². The van der Waals surface area contributed by atoms with Crippen LogP contribution in [0.15, 0.2) is 18.2 Å². The Morgan fingerprint density at radius 2 is 1.78 bits per heavy atom. The van der Waals surface area contributed by atoms with Gasteiger partial charge in [0.05, 0.1) is 11.8 Å². The van der Waals surface area contributed by atoms with Crippen LogP contribution in [-0.2, 0) is 0 Å². The second-order valence-corrected chi connectivity index (χ2v) is 5.49. The van der Waals surface area contributed by atoms with E-state index in [0.29, 0.717) is 17.2 Å². The van der Waals surface area contributed by atoms with Crippen LogP contribution in [0.3, 0.4) is 0 Å². The van der Waals surface area contributed by atoms with Crippen molar-refractivity contribution in [3.05, 3.63) is 29.6 Å². The summed E-state index contributed by atoms with van der Waals surface area (Å²) in [7, 11) is 0. The maximum atomic E-state index is 14.1. The normalized spacial score (nSPS) is 13.2. The van der Waals surface area contributed by atoms with Crippen molar-refractivity contribution >= 4 is 5.69 Å². The van der Waals surface area contributed by atoms with Crippen molar-refractivity contribution in [3.8, 4) is 0 Å². The van der Waals surface area contributed by atoms with Crippen molar-refractivity contribution in [2.75, 3.05) is 11.4 Å². The number of para-hydroxylation sites is 1. The van der Waals surface area contributed by atoms with E-state index >= 15 is 0 Å². The zero-order valence-electron chi connectivity index (χ0n) is 11.9. The van der Waals surface area contributed by atoms with Gasteiger partial charge in [-0.05, 0) is 32.8 Å². The van der Waals surface area contributed by atoms with Gasteiger partial charge in [-0.15, -0.1) is 0 Å². The minimum absolute atomic E-state index is 0.196. The fraction of sp³-hybridized carbons (Fsp3) is 0.600. The minimum atomic E-state index is -0.663. The summed E-state index contributed by atoms with van der Waals surface area (Å²) < 4.78 is 14.1. The average molecular weight is 253 g/mol. The summed E-state index contributed by atoms with van der Waals surface area (Å²) in [5, 5.41) is 9.80. The van der Waals surface area contributed by atoms with Gasteiger partial charge in [0.1, 0.15) is 5.82 Å². The van der Waals surface area contributed by atoms with Gasteiger partial charge >= 0.3 is 0 Å². The molecule has 0 radical (unpaired) electrons. The largest absolute Gasteiger partial charge is 0.389 e. The van der Waals surface area contributed by atoms with Gasteiger partial charge in [-0.25, -0.2) is 4.39 Å². The van der Waals surface area contributed by atoms with E-state index in [1.807, 2.05) is 18.7 Å². The molecule has 0 saturated heterocycles. The standard InChI is InChI=1S/C15H24FNO/c1-10(2)9-17(11(3)4)15-13(12(5)18)7-6-8-14(15)16/h6-8,10-12,18H,9H2,1-5H3. The molecule has 0 fully saturated rings. The Labute approximate surface area is 109 Å². The molecule has 102 valence electrons. The lowest BCUT2D eigenvalue weighted by atomic mass is 10.0. The lowest BCUT2D eigenvalue weighted by Gasteiger charge is -2.33. The molecular weight excluding hydrogens is 229 g/mol. The molecule has 0 aliphatic heterocycles. The van der Waals surface area contributed by atoms with Gasteiger partial charge in [-0.1, -0.05) is 26.0 Å². The Kier molecular flexibility index (Phi) is 5.15. The first kappa shape index (κ1) is 15.0. The number of anilines is 1. The molecule has 1 rings (SSSR count). The third-order valence-electron chi connectivity index (χ3n) is 2.94. The topological polar surface area (TPSA) is 23.5 Å². The quantitative estimate of drug-likeness (QED) is 0.864. The molecule has 1 aromatic carbocycles. The van der Waals surface area contributed by atoms with Crippen LogP contribution < -0.4 is 4.90 Å². The molecule has 0 amide bonds. The molecule has 0 bridgehead atoms. The summed E-state index contributed by atoms with van der Waals surface area (Å²) in [5.41, 5.74) is 1.19. The second-order valence-electron chi connectivity index (χ2n) is 5.49. The Hall–Kier alpha value is -1.09. The molecule has 0 spiro atoms. The number of rotatable bonds is 5. The highest BCUT2D eigenvalue weighted by atomic mass is 19.1. The van der Waals surface area contributed by atoms with Crippen LogP contribution in [0.5, 0.6) is 0 Å². The summed E-state index contributed by atoms with van der Waals surface area (Å²) in [6, 6.07) is 5.09.